The number of rotatable bonds is 4. The van der Waals surface area contributed by atoms with Gasteiger partial charge in [0.05, 0.1) is 25.4 Å². The van der Waals surface area contributed by atoms with Crippen LogP contribution in [0.5, 0.6) is 0 Å². The van der Waals surface area contributed by atoms with E-state index in [-0.39, 0.29) is 5.78 Å². The molecule has 1 aromatic carbocycles. The molecular weight excluding hydrogens is 476 g/mol. The molecule has 3 heterocycles. The lowest BCUT2D eigenvalue weighted by Gasteiger charge is -2.63. The minimum atomic E-state index is -1.11. The summed E-state index contributed by atoms with van der Waals surface area (Å²) < 4.78 is 24.0. The molecule has 2 saturated carbocycles. The SMILES string of the molecule is CC1C(O)C(OC(=O)C=Cc2ccccc2)C2(C)C(C(=O)CCC23CO3)C1(C)C1CC2(O)CCOC2O1. The van der Waals surface area contributed by atoms with Gasteiger partial charge in [-0.1, -0.05) is 51.1 Å². The maximum atomic E-state index is 13.8. The molecule has 5 fully saturated rings. The van der Waals surface area contributed by atoms with Crippen LogP contribution in [-0.2, 0) is 28.5 Å². The first-order valence-electron chi connectivity index (χ1n) is 13.3. The first-order chi connectivity index (χ1) is 17.5. The Morgan fingerprint density at radius 1 is 1.19 bits per heavy atom. The van der Waals surface area contributed by atoms with Crippen LogP contribution >= 0.6 is 0 Å². The Bertz CT molecular complexity index is 1110. The average Bonchev–Trinajstić information content (AvgIpc) is 3.48. The topological polar surface area (TPSA) is 115 Å². The van der Waals surface area contributed by atoms with Gasteiger partial charge in [0, 0.05) is 42.1 Å². The molecule has 3 aliphatic heterocycles. The number of benzene rings is 1. The zero-order chi connectivity index (χ0) is 26.2. The van der Waals surface area contributed by atoms with E-state index in [9.17, 15) is 19.8 Å². The summed E-state index contributed by atoms with van der Waals surface area (Å²) in [6.45, 7) is 6.66. The molecule has 6 rings (SSSR count). The van der Waals surface area contributed by atoms with Gasteiger partial charge in [-0.25, -0.2) is 4.79 Å². The molecule has 2 N–H and O–H groups in total. The smallest absolute Gasteiger partial charge is 0.331 e. The zero-order valence-corrected chi connectivity index (χ0v) is 21.6. The highest BCUT2D eigenvalue weighted by Crippen LogP contribution is 2.69. The molecule has 0 amide bonds. The van der Waals surface area contributed by atoms with Crippen molar-refractivity contribution in [2.45, 2.75) is 82.3 Å². The van der Waals surface area contributed by atoms with E-state index >= 15 is 0 Å². The molecule has 37 heavy (non-hydrogen) atoms. The number of esters is 1. The van der Waals surface area contributed by atoms with Crippen molar-refractivity contribution >= 4 is 17.8 Å². The molecule has 10 atom stereocenters. The number of fused-ring (bicyclic) bond motifs is 3. The van der Waals surface area contributed by atoms with Crippen LogP contribution in [0.1, 0.15) is 52.0 Å². The predicted molar refractivity (Wildman–Crippen MR) is 132 cm³/mol. The zero-order valence-electron chi connectivity index (χ0n) is 21.6. The highest BCUT2D eigenvalue weighted by Gasteiger charge is 2.78. The third-order valence-corrected chi connectivity index (χ3v) is 10.4. The summed E-state index contributed by atoms with van der Waals surface area (Å²) in [5, 5.41) is 22.9. The summed E-state index contributed by atoms with van der Waals surface area (Å²) in [5.41, 5.74) is -2.72. The molecule has 8 heteroatoms. The number of ether oxygens (including phenoxy) is 4. The highest BCUT2D eigenvalue weighted by atomic mass is 16.7. The second-order valence-electron chi connectivity index (χ2n) is 12.1. The van der Waals surface area contributed by atoms with Gasteiger partial charge in [0.1, 0.15) is 23.1 Å². The Hall–Kier alpha value is -2.10. The van der Waals surface area contributed by atoms with Gasteiger partial charge in [-0.15, -0.1) is 0 Å². The van der Waals surface area contributed by atoms with Crippen LogP contribution < -0.4 is 0 Å². The summed E-state index contributed by atoms with van der Waals surface area (Å²) in [5.74, 6) is -1.59. The first kappa shape index (κ1) is 25.2. The quantitative estimate of drug-likeness (QED) is 0.360. The molecule has 3 saturated heterocycles. The van der Waals surface area contributed by atoms with Crippen molar-refractivity contribution in [3.63, 3.8) is 0 Å². The summed E-state index contributed by atoms with van der Waals surface area (Å²) >= 11 is 0. The molecule has 5 aliphatic rings. The molecular formula is C29H36O8. The van der Waals surface area contributed by atoms with Crippen molar-refractivity contribution < 1.29 is 38.7 Å². The van der Waals surface area contributed by atoms with Gasteiger partial charge in [0.2, 0.25) is 0 Å². The Morgan fingerprint density at radius 2 is 1.92 bits per heavy atom. The molecule has 10 unspecified atom stereocenters. The van der Waals surface area contributed by atoms with Crippen LogP contribution in [0.15, 0.2) is 36.4 Å². The number of epoxide rings is 1. The molecule has 200 valence electrons. The Morgan fingerprint density at radius 3 is 2.59 bits per heavy atom. The third-order valence-electron chi connectivity index (χ3n) is 10.4. The monoisotopic (exact) mass is 512 g/mol. The van der Waals surface area contributed by atoms with Crippen LogP contribution in [0.2, 0.25) is 0 Å². The lowest BCUT2D eigenvalue weighted by Crippen LogP contribution is -2.73. The number of aliphatic hydroxyl groups is 2. The van der Waals surface area contributed by atoms with E-state index < -0.39 is 64.4 Å². The second-order valence-corrected chi connectivity index (χ2v) is 12.1. The first-order valence-corrected chi connectivity index (χ1v) is 13.3. The van der Waals surface area contributed by atoms with Crippen LogP contribution in [0.3, 0.4) is 0 Å². The molecule has 1 spiro atoms. The van der Waals surface area contributed by atoms with Crippen molar-refractivity contribution in [1.29, 1.82) is 0 Å². The van der Waals surface area contributed by atoms with Crippen molar-refractivity contribution in [2.75, 3.05) is 13.2 Å². The lowest BCUT2D eigenvalue weighted by atomic mass is 9.41. The van der Waals surface area contributed by atoms with Crippen LogP contribution in [-0.4, -0.2) is 71.0 Å². The Kier molecular flexibility index (Phi) is 5.75. The van der Waals surface area contributed by atoms with E-state index in [0.29, 0.717) is 38.9 Å². The number of carbonyl (C=O) groups is 2. The number of Topliss-reactive ketones (excluding diaryl/α,β-unsaturated/α-hetero) is 1. The maximum Gasteiger partial charge on any atom is 0.331 e. The van der Waals surface area contributed by atoms with Crippen LogP contribution in [0.25, 0.3) is 6.08 Å². The van der Waals surface area contributed by atoms with Crippen molar-refractivity contribution in [1.82, 2.24) is 0 Å². The summed E-state index contributed by atoms with van der Waals surface area (Å²) in [4.78, 5) is 26.8. The standard InChI is InChI=1S/C29H36O8/c1-17-22(32)24(37-21(31)10-9-18-7-5-4-6-8-18)27(3)23(19(30)11-12-29(27)16-35-29)26(17,2)20-15-28(33)13-14-34-25(28)36-20/h4-10,17,20,22-25,32-33H,11-16H2,1-3H3. The van der Waals surface area contributed by atoms with E-state index in [1.54, 1.807) is 6.08 Å². The molecule has 0 aromatic heterocycles. The average molecular weight is 513 g/mol. The minimum Gasteiger partial charge on any atom is -0.456 e. The van der Waals surface area contributed by atoms with Crippen molar-refractivity contribution in [3.05, 3.63) is 42.0 Å². The van der Waals surface area contributed by atoms with Crippen molar-refractivity contribution in [3.8, 4) is 0 Å². The molecule has 1 aromatic rings. The fraction of sp³-hybridized carbons (Fsp3) is 0.655. The van der Waals surface area contributed by atoms with Crippen LogP contribution in [0, 0.1) is 22.7 Å². The van der Waals surface area contributed by atoms with Gasteiger partial charge < -0.3 is 29.2 Å². The largest absolute Gasteiger partial charge is 0.456 e. The van der Waals surface area contributed by atoms with Gasteiger partial charge in [-0.3, -0.25) is 4.79 Å². The fourth-order valence-electron chi connectivity index (χ4n) is 7.97. The van der Waals surface area contributed by atoms with Crippen molar-refractivity contribution in [2.24, 2.45) is 22.7 Å². The Labute approximate surface area is 216 Å². The summed E-state index contributed by atoms with van der Waals surface area (Å²) in [6, 6.07) is 9.42. The summed E-state index contributed by atoms with van der Waals surface area (Å²) in [6.07, 6.45) is 1.44. The molecule has 2 aliphatic carbocycles. The van der Waals surface area contributed by atoms with Gasteiger partial charge in [0.15, 0.2) is 6.29 Å². The Balaban J connectivity index is 1.36. The maximum absolute atomic E-state index is 13.8. The van der Waals surface area contributed by atoms with E-state index in [2.05, 4.69) is 0 Å². The molecule has 8 nitrogen and oxygen atoms in total. The number of hydrogen-bond donors (Lipinski definition) is 2. The lowest BCUT2D eigenvalue weighted by molar-refractivity contribution is -0.263. The summed E-state index contributed by atoms with van der Waals surface area (Å²) in [7, 11) is 0. The number of hydrogen-bond acceptors (Lipinski definition) is 8. The van der Waals surface area contributed by atoms with E-state index in [0.717, 1.165) is 5.56 Å². The normalized spacial score (nSPS) is 48.7. The second kappa shape index (κ2) is 8.45. The predicted octanol–water partition coefficient (Wildman–Crippen LogP) is 2.65. The third kappa shape index (κ3) is 3.53. The van der Waals surface area contributed by atoms with Gasteiger partial charge >= 0.3 is 5.97 Å². The fourth-order valence-corrected chi connectivity index (χ4v) is 7.97. The van der Waals surface area contributed by atoms with Crippen LogP contribution in [0.4, 0.5) is 0 Å². The van der Waals surface area contributed by atoms with Gasteiger partial charge in [0.25, 0.3) is 0 Å². The molecule has 0 radical (unpaired) electrons. The molecule has 0 bridgehead atoms. The minimum absolute atomic E-state index is 0.0549. The van der Waals surface area contributed by atoms with E-state index in [1.807, 2.05) is 51.1 Å². The van der Waals surface area contributed by atoms with E-state index in [1.165, 1.54) is 6.08 Å². The van der Waals surface area contributed by atoms with Gasteiger partial charge in [-0.05, 0) is 24.0 Å². The van der Waals surface area contributed by atoms with Gasteiger partial charge in [-0.2, -0.15) is 0 Å². The number of carbonyl (C=O) groups excluding carboxylic acids is 2. The number of ketones is 1. The highest BCUT2D eigenvalue weighted by molar-refractivity contribution is 5.88. The number of aliphatic hydroxyl groups excluding tert-OH is 1. The van der Waals surface area contributed by atoms with E-state index in [4.69, 9.17) is 18.9 Å².